The van der Waals surface area contributed by atoms with Gasteiger partial charge >= 0.3 is 12.1 Å². The number of carbonyl (C=O) groups excluding carboxylic acids is 2. The monoisotopic (exact) mass is 523 g/mol. The van der Waals surface area contributed by atoms with Gasteiger partial charge in [0.05, 0.1) is 35.2 Å². The minimum absolute atomic E-state index is 0.00877. The summed E-state index contributed by atoms with van der Waals surface area (Å²) in [6.45, 7) is 0.723. The van der Waals surface area contributed by atoms with Gasteiger partial charge in [-0.1, -0.05) is 12.1 Å². The van der Waals surface area contributed by atoms with Crippen molar-refractivity contribution in [2.75, 3.05) is 13.7 Å². The molecule has 4 aromatic rings. The molecular weight excluding hydrogens is 495 g/mol. The zero-order chi connectivity index (χ0) is 26.9. The van der Waals surface area contributed by atoms with Crippen molar-refractivity contribution in [3.63, 3.8) is 0 Å². The standard InChI is InChI=1S/C29H28F3N3O3/c1-38-28(37)20-7-4-18(5-8-20)16-34-27(36)24-15-23(29(30,31)32)14-22-10-12-35(26(22)24)17-19-6-9-25-21(13-19)3-2-11-33-25/h2-3,6,9-15,18,20H,4-5,7-8,16-17H2,1H3,(H,34,36)/t18-,20-. The largest absolute Gasteiger partial charge is 0.469 e. The maximum absolute atomic E-state index is 13.7. The summed E-state index contributed by atoms with van der Waals surface area (Å²) in [6, 6.07) is 13.2. The van der Waals surface area contributed by atoms with Gasteiger partial charge in [0.15, 0.2) is 0 Å². The van der Waals surface area contributed by atoms with Gasteiger partial charge in [-0.15, -0.1) is 0 Å². The molecule has 0 saturated heterocycles. The quantitative estimate of drug-likeness (QED) is 0.316. The molecule has 2 heterocycles. The Kier molecular flexibility index (Phi) is 7.10. The van der Waals surface area contributed by atoms with E-state index in [-0.39, 0.29) is 23.4 Å². The van der Waals surface area contributed by atoms with Crippen LogP contribution in [-0.4, -0.2) is 35.1 Å². The van der Waals surface area contributed by atoms with Gasteiger partial charge in [0, 0.05) is 36.3 Å². The summed E-state index contributed by atoms with van der Waals surface area (Å²) < 4.78 is 47.7. The first-order chi connectivity index (χ1) is 18.2. The van der Waals surface area contributed by atoms with Crippen molar-refractivity contribution >= 4 is 33.7 Å². The highest BCUT2D eigenvalue weighted by Gasteiger charge is 2.33. The molecule has 0 bridgehead atoms. The van der Waals surface area contributed by atoms with Crippen molar-refractivity contribution in [1.29, 1.82) is 0 Å². The van der Waals surface area contributed by atoms with Crippen LogP contribution in [0, 0.1) is 11.8 Å². The first-order valence-corrected chi connectivity index (χ1v) is 12.6. The first-order valence-electron chi connectivity index (χ1n) is 12.6. The molecule has 1 aliphatic carbocycles. The van der Waals surface area contributed by atoms with Crippen LogP contribution in [0.15, 0.2) is 60.9 Å². The van der Waals surface area contributed by atoms with Crippen LogP contribution in [0.5, 0.6) is 0 Å². The zero-order valence-electron chi connectivity index (χ0n) is 20.9. The Bertz CT molecular complexity index is 1490. The maximum Gasteiger partial charge on any atom is 0.416 e. The zero-order valence-corrected chi connectivity index (χ0v) is 20.9. The van der Waals surface area contributed by atoms with Gasteiger partial charge in [-0.2, -0.15) is 13.2 Å². The molecule has 38 heavy (non-hydrogen) atoms. The summed E-state index contributed by atoms with van der Waals surface area (Å²) in [5.74, 6) is -0.746. The molecule has 2 aromatic heterocycles. The Hall–Kier alpha value is -3.88. The summed E-state index contributed by atoms with van der Waals surface area (Å²) in [5.41, 5.74) is 1.38. The number of rotatable bonds is 6. The number of pyridine rings is 1. The number of methoxy groups -OCH3 is 1. The number of carbonyl (C=O) groups is 2. The van der Waals surface area contributed by atoms with E-state index in [9.17, 15) is 22.8 Å². The minimum Gasteiger partial charge on any atom is -0.469 e. The van der Waals surface area contributed by atoms with E-state index in [2.05, 4.69) is 10.3 Å². The number of ether oxygens (including phenoxy) is 1. The lowest BCUT2D eigenvalue weighted by Gasteiger charge is -2.27. The summed E-state index contributed by atoms with van der Waals surface area (Å²) in [4.78, 5) is 29.4. The fourth-order valence-electron chi connectivity index (χ4n) is 5.34. The molecule has 9 heteroatoms. The van der Waals surface area contributed by atoms with Crippen molar-refractivity contribution < 1.29 is 27.5 Å². The summed E-state index contributed by atoms with van der Waals surface area (Å²) in [5, 5.41) is 4.17. The second kappa shape index (κ2) is 10.5. The third-order valence-corrected chi connectivity index (χ3v) is 7.39. The van der Waals surface area contributed by atoms with Crippen LogP contribution in [0.4, 0.5) is 13.2 Å². The molecule has 0 unspecified atom stereocenters. The van der Waals surface area contributed by atoms with Crippen LogP contribution in [0.25, 0.3) is 21.8 Å². The van der Waals surface area contributed by atoms with Gasteiger partial charge in [0.25, 0.3) is 5.91 Å². The number of alkyl halides is 3. The number of halogens is 3. The van der Waals surface area contributed by atoms with Crippen LogP contribution >= 0.6 is 0 Å². The molecule has 1 amide bonds. The van der Waals surface area contributed by atoms with E-state index in [1.54, 1.807) is 18.5 Å². The Balaban J connectivity index is 1.40. The molecule has 0 spiro atoms. The molecule has 0 atom stereocenters. The van der Waals surface area contributed by atoms with Crippen LogP contribution in [0.1, 0.15) is 47.2 Å². The number of esters is 1. The van der Waals surface area contributed by atoms with Crippen molar-refractivity contribution in [3.05, 3.63) is 77.6 Å². The maximum atomic E-state index is 13.7. The van der Waals surface area contributed by atoms with Gasteiger partial charge in [-0.05, 0) is 73.6 Å². The molecular formula is C29H28F3N3O3. The van der Waals surface area contributed by atoms with E-state index in [1.807, 2.05) is 34.9 Å². The number of amides is 1. The topological polar surface area (TPSA) is 73.2 Å². The predicted molar refractivity (Wildman–Crippen MR) is 138 cm³/mol. The highest BCUT2D eigenvalue weighted by molar-refractivity contribution is 6.06. The Morgan fingerprint density at radius 1 is 1.05 bits per heavy atom. The molecule has 1 aliphatic rings. The fourth-order valence-corrected chi connectivity index (χ4v) is 5.34. The fraction of sp³-hybridized carbons (Fsp3) is 0.345. The van der Waals surface area contributed by atoms with E-state index in [1.165, 1.54) is 7.11 Å². The molecule has 0 aliphatic heterocycles. The lowest BCUT2D eigenvalue weighted by Crippen LogP contribution is -2.33. The summed E-state index contributed by atoms with van der Waals surface area (Å²) in [7, 11) is 1.37. The van der Waals surface area contributed by atoms with Gasteiger partial charge in [-0.3, -0.25) is 14.6 Å². The van der Waals surface area contributed by atoms with E-state index in [0.717, 1.165) is 41.4 Å². The lowest BCUT2D eigenvalue weighted by atomic mass is 9.82. The molecule has 0 radical (unpaired) electrons. The van der Waals surface area contributed by atoms with Gasteiger partial charge in [0.2, 0.25) is 0 Å². The minimum atomic E-state index is -4.58. The molecule has 6 nitrogen and oxygen atoms in total. The number of nitrogens with zero attached hydrogens (tertiary/aromatic N) is 2. The Labute approximate surface area is 217 Å². The highest BCUT2D eigenvalue weighted by Crippen LogP contribution is 2.34. The molecule has 1 saturated carbocycles. The number of aromatic nitrogens is 2. The van der Waals surface area contributed by atoms with Gasteiger partial charge in [-0.25, -0.2) is 0 Å². The molecule has 1 fully saturated rings. The first kappa shape index (κ1) is 25.8. The van der Waals surface area contributed by atoms with Crippen LogP contribution < -0.4 is 5.32 Å². The second-order valence-electron chi connectivity index (χ2n) is 9.88. The third kappa shape index (κ3) is 5.37. The summed E-state index contributed by atoms with van der Waals surface area (Å²) in [6.07, 6.45) is 1.67. The lowest BCUT2D eigenvalue weighted by molar-refractivity contribution is -0.146. The summed E-state index contributed by atoms with van der Waals surface area (Å²) >= 11 is 0. The van der Waals surface area contributed by atoms with Gasteiger partial charge < -0.3 is 14.6 Å². The Morgan fingerprint density at radius 2 is 1.84 bits per heavy atom. The Morgan fingerprint density at radius 3 is 2.58 bits per heavy atom. The van der Waals surface area contributed by atoms with Gasteiger partial charge in [0.1, 0.15) is 0 Å². The van der Waals surface area contributed by atoms with Crippen molar-refractivity contribution in [2.24, 2.45) is 11.8 Å². The van der Waals surface area contributed by atoms with Crippen molar-refractivity contribution in [3.8, 4) is 0 Å². The molecule has 1 N–H and O–H groups in total. The van der Waals surface area contributed by atoms with E-state index in [0.29, 0.717) is 36.8 Å². The average Bonchev–Trinajstić information content (AvgIpc) is 3.33. The normalized spacial score (nSPS) is 18.0. The predicted octanol–water partition coefficient (Wildman–Crippen LogP) is 5.97. The van der Waals surface area contributed by atoms with Crippen LogP contribution in [-0.2, 0) is 22.3 Å². The van der Waals surface area contributed by atoms with E-state index >= 15 is 0 Å². The molecule has 198 valence electrons. The second-order valence-corrected chi connectivity index (χ2v) is 9.88. The van der Waals surface area contributed by atoms with E-state index < -0.39 is 17.6 Å². The smallest absolute Gasteiger partial charge is 0.416 e. The van der Waals surface area contributed by atoms with Crippen molar-refractivity contribution in [2.45, 2.75) is 38.4 Å². The molecule has 5 rings (SSSR count). The molecule has 2 aromatic carbocycles. The van der Waals surface area contributed by atoms with Crippen molar-refractivity contribution in [1.82, 2.24) is 14.9 Å². The number of nitrogens with one attached hydrogen (secondary N) is 1. The van der Waals surface area contributed by atoms with E-state index in [4.69, 9.17) is 4.74 Å². The average molecular weight is 524 g/mol. The number of benzene rings is 2. The van der Waals surface area contributed by atoms with Crippen LogP contribution in [0.2, 0.25) is 0 Å². The van der Waals surface area contributed by atoms with Crippen LogP contribution in [0.3, 0.4) is 0 Å². The third-order valence-electron chi connectivity index (χ3n) is 7.39. The number of fused-ring (bicyclic) bond motifs is 2. The SMILES string of the molecule is COC(=O)[C@H]1CC[C@H](CNC(=O)c2cc(C(F)(F)F)cc3ccn(Cc4ccc5ncccc5c4)c23)CC1. The number of hydrogen-bond donors (Lipinski definition) is 1. The highest BCUT2D eigenvalue weighted by atomic mass is 19.4. The number of hydrogen-bond acceptors (Lipinski definition) is 4.